The second-order valence-corrected chi connectivity index (χ2v) is 5.17. The molecule has 1 unspecified atom stereocenters. The van der Waals surface area contributed by atoms with Crippen molar-refractivity contribution in [3.05, 3.63) is 66.2 Å². The smallest absolute Gasteiger partial charge is 0.0779 e. The van der Waals surface area contributed by atoms with Gasteiger partial charge in [-0.1, -0.05) is 55.5 Å². The highest BCUT2D eigenvalue weighted by atomic mass is 15.5. The third kappa shape index (κ3) is 2.60. The van der Waals surface area contributed by atoms with Crippen molar-refractivity contribution in [2.75, 3.05) is 5.01 Å². The fourth-order valence-electron chi connectivity index (χ4n) is 2.75. The summed E-state index contributed by atoms with van der Waals surface area (Å²) in [5.41, 5.74) is 3.81. The van der Waals surface area contributed by atoms with Crippen molar-refractivity contribution in [3.63, 3.8) is 0 Å². The number of nitrogens with zero attached hydrogens (tertiary/aromatic N) is 2. The fourth-order valence-corrected chi connectivity index (χ4v) is 2.75. The second-order valence-electron chi connectivity index (χ2n) is 5.17. The minimum atomic E-state index is 0.342. The molecule has 2 nitrogen and oxygen atoms in total. The molecule has 0 spiro atoms. The van der Waals surface area contributed by atoms with Crippen LogP contribution < -0.4 is 5.01 Å². The Morgan fingerprint density at radius 1 is 1.00 bits per heavy atom. The summed E-state index contributed by atoms with van der Waals surface area (Å²) in [7, 11) is 0. The first-order chi connectivity index (χ1) is 9.88. The van der Waals surface area contributed by atoms with Gasteiger partial charge in [-0.2, -0.15) is 5.10 Å². The SMILES string of the molecule is CCC1=NN(c2ccccc2)C(c2ccccc2)CC1. The summed E-state index contributed by atoms with van der Waals surface area (Å²) in [6.45, 7) is 2.19. The molecule has 0 bridgehead atoms. The number of anilines is 1. The lowest BCUT2D eigenvalue weighted by atomic mass is 9.97. The number of benzene rings is 2. The van der Waals surface area contributed by atoms with Crippen LogP contribution in [0.2, 0.25) is 0 Å². The van der Waals surface area contributed by atoms with Gasteiger partial charge in [-0.3, -0.25) is 5.01 Å². The van der Waals surface area contributed by atoms with Gasteiger partial charge in [-0.25, -0.2) is 0 Å². The Morgan fingerprint density at radius 3 is 2.30 bits per heavy atom. The molecule has 1 aliphatic rings. The van der Waals surface area contributed by atoms with E-state index < -0.39 is 0 Å². The second kappa shape index (κ2) is 5.91. The molecule has 20 heavy (non-hydrogen) atoms. The van der Waals surface area contributed by atoms with Crippen molar-refractivity contribution in [2.24, 2.45) is 5.10 Å². The van der Waals surface area contributed by atoms with E-state index in [1.54, 1.807) is 0 Å². The fraction of sp³-hybridized carbons (Fsp3) is 0.278. The summed E-state index contributed by atoms with van der Waals surface area (Å²) in [6, 6.07) is 21.5. The molecule has 0 N–H and O–H groups in total. The molecule has 0 saturated carbocycles. The Hall–Kier alpha value is -2.09. The third-order valence-corrected chi connectivity index (χ3v) is 3.86. The zero-order chi connectivity index (χ0) is 13.8. The molecule has 0 saturated heterocycles. The van der Waals surface area contributed by atoms with Crippen LogP contribution in [0.3, 0.4) is 0 Å². The Morgan fingerprint density at radius 2 is 1.65 bits per heavy atom. The molecule has 0 fully saturated rings. The van der Waals surface area contributed by atoms with Crippen LogP contribution in [0.25, 0.3) is 0 Å². The Kier molecular flexibility index (Phi) is 3.82. The van der Waals surface area contributed by atoms with Crippen molar-refractivity contribution >= 4 is 11.4 Å². The number of hydrogen-bond donors (Lipinski definition) is 0. The molecule has 2 aromatic rings. The largest absolute Gasteiger partial charge is 0.258 e. The van der Waals surface area contributed by atoms with Gasteiger partial charge in [0, 0.05) is 5.71 Å². The highest BCUT2D eigenvalue weighted by molar-refractivity contribution is 5.86. The van der Waals surface area contributed by atoms with Gasteiger partial charge in [0.15, 0.2) is 0 Å². The van der Waals surface area contributed by atoms with Gasteiger partial charge < -0.3 is 0 Å². The zero-order valence-corrected chi connectivity index (χ0v) is 11.9. The van der Waals surface area contributed by atoms with Crippen LogP contribution in [0.4, 0.5) is 5.69 Å². The van der Waals surface area contributed by atoms with Crippen molar-refractivity contribution in [2.45, 2.75) is 32.2 Å². The van der Waals surface area contributed by atoms with Crippen LogP contribution in [0.5, 0.6) is 0 Å². The van der Waals surface area contributed by atoms with Crippen LogP contribution in [-0.2, 0) is 0 Å². The molecule has 0 aliphatic carbocycles. The molecule has 1 heterocycles. The summed E-state index contributed by atoms with van der Waals surface area (Å²) in [5, 5.41) is 7.07. The van der Waals surface area contributed by atoms with E-state index in [1.807, 2.05) is 0 Å². The van der Waals surface area contributed by atoms with Gasteiger partial charge in [0.1, 0.15) is 0 Å². The Labute approximate surface area is 120 Å². The molecule has 2 heteroatoms. The average molecular weight is 264 g/mol. The monoisotopic (exact) mass is 264 g/mol. The van der Waals surface area contributed by atoms with Crippen LogP contribution >= 0.6 is 0 Å². The van der Waals surface area contributed by atoms with Crippen LogP contribution in [-0.4, -0.2) is 5.71 Å². The number of hydrazone groups is 1. The van der Waals surface area contributed by atoms with Crippen molar-refractivity contribution in [1.29, 1.82) is 0 Å². The van der Waals surface area contributed by atoms with Crippen LogP contribution in [0.1, 0.15) is 37.8 Å². The van der Waals surface area contributed by atoms with Gasteiger partial charge in [0.25, 0.3) is 0 Å². The maximum Gasteiger partial charge on any atom is 0.0779 e. The Bertz CT molecular complexity index is 575. The lowest BCUT2D eigenvalue weighted by Gasteiger charge is -2.34. The van der Waals surface area contributed by atoms with E-state index in [9.17, 15) is 0 Å². The molecular weight excluding hydrogens is 244 g/mol. The highest BCUT2D eigenvalue weighted by Gasteiger charge is 2.25. The summed E-state index contributed by atoms with van der Waals surface area (Å²) < 4.78 is 0. The quantitative estimate of drug-likeness (QED) is 0.778. The summed E-state index contributed by atoms with van der Waals surface area (Å²) in [4.78, 5) is 0. The summed E-state index contributed by atoms with van der Waals surface area (Å²) in [5.74, 6) is 0. The number of para-hydroxylation sites is 1. The predicted octanol–water partition coefficient (Wildman–Crippen LogP) is 4.79. The summed E-state index contributed by atoms with van der Waals surface area (Å²) >= 11 is 0. The standard InChI is InChI=1S/C18H20N2/c1-2-16-13-14-18(15-9-5-3-6-10-15)20(19-16)17-11-7-4-8-12-17/h3-12,18H,2,13-14H2,1H3. The number of hydrogen-bond acceptors (Lipinski definition) is 2. The van der Waals surface area contributed by atoms with E-state index in [-0.39, 0.29) is 0 Å². The van der Waals surface area contributed by atoms with Gasteiger partial charge in [0.2, 0.25) is 0 Å². The zero-order valence-electron chi connectivity index (χ0n) is 11.9. The van der Waals surface area contributed by atoms with Gasteiger partial charge in [-0.15, -0.1) is 0 Å². The molecule has 0 radical (unpaired) electrons. The van der Waals surface area contributed by atoms with E-state index in [0.717, 1.165) is 19.3 Å². The molecule has 3 rings (SSSR count). The first-order valence-corrected chi connectivity index (χ1v) is 7.34. The van der Waals surface area contributed by atoms with Crippen LogP contribution in [0.15, 0.2) is 65.8 Å². The van der Waals surface area contributed by atoms with E-state index in [1.165, 1.54) is 17.0 Å². The van der Waals surface area contributed by atoms with Gasteiger partial charge in [-0.05, 0) is 37.0 Å². The van der Waals surface area contributed by atoms with E-state index in [0.29, 0.717) is 6.04 Å². The van der Waals surface area contributed by atoms with Crippen LogP contribution in [0, 0.1) is 0 Å². The third-order valence-electron chi connectivity index (χ3n) is 3.86. The van der Waals surface area contributed by atoms with E-state index in [2.05, 4.69) is 72.6 Å². The maximum absolute atomic E-state index is 4.88. The molecular formula is C18H20N2. The van der Waals surface area contributed by atoms with Gasteiger partial charge in [0.05, 0.1) is 11.7 Å². The van der Waals surface area contributed by atoms with Crippen molar-refractivity contribution in [1.82, 2.24) is 0 Å². The molecule has 0 aromatic heterocycles. The molecule has 1 aliphatic heterocycles. The predicted molar refractivity (Wildman–Crippen MR) is 85.1 cm³/mol. The molecule has 0 amide bonds. The summed E-state index contributed by atoms with van der Waals surface area (Å²) in [6.07, 6.45) is 3.26. The topological polar surface area (TPSA) is 15.6 Å². The highest BCUT2D eigenvalue weighted by Crippen LogP contribution is 2.34. The van der Waals surface area contributed by atoms with Gasteiger partial charge >= 0.3 is 0 Å². The molecule has 2 aromatic carbocycles. The lowest BCUT2D eigenvalue weighted by Crippen LogP contribution is -2.29. The maximum atomic E-state index is 4.88. The lowest BCUT2D eigenvalue weighted by molar-refractivity contribution is 0.573. The first kappa shape index (κ1) is 12.9. The van der Waals surface area contributed by atoms with E-state index >= 15 is 0 Å². The average Bonchev–Trinajstić information content (AvgIpc) is 2.56. The minimum absolute atomic E-state index is 0.342. The molecule has 1 atom stereocenters. The van der Waals surface area contributed by atoms with Crippen molar-refractivity contribution in [3.8, 4) is 0 Å². The van der Waals surface area contributed by atoms with E-state index in [4.69, 9.17) is 5.10 Å². The Balaban J connectivity index is 1.99. The normalized spacial score (nSPS) is 18.8. The molecule has 102 valence electrons. The first-order valence-electron chi connectivity index (χ1n) is 7.34. The van der Waals surface area contributed by atoms with Crippen molar-refractivity contribution < 1.29 is 0 Å². The minimum Gasteiger partial charge on any atom is -0.258 e. The number of rotatable bonds is 3.